The van der Waals surface area contributed by atoms with Gasteiger partial charge in [-0.2, -0.15) is 0 Å². The second kappa shape index (κ2) is 14.7. The Morgan fingerprint density at radius 2 is 1.48 bits per heavy atom. The fraction of sp³-hybridized carbons (Fsp3) is 0.786. The molecule has 0 aromatic carbocycles. The number of nitrogens with zero attached hydrogens (tertiary/aromatic N) is 1. The lowest BCUT2D eigenvalue weighted by molar-refractivity contribution is -0.118. The smallest absolute Gasteiger partial charge is 0.351 e. The number of phosphoric ester groups is 1. The van der Waals surface area contributed by atoms with E-state index in [0.29, 0.717) is 37.2 Å². The molecule has 14 heteroatoms. The summed E-state index contributed by atoms with van der Waals surface area (Å²) in [5.74, 6) is 1.01. The Hall–Kier alpha value is -1.21. The Labute approximate surface area is 256 Å². The van der Waals surface area contributed by atoms with Crippen LogP contribution >= 0.6 is 31.3 Å². The summed E-state index contributed by atoms with van der Waals surface area (Å²) in [5, 5.41) is 0.250. The summed E-state index contributed by atoms with van der Waals surface area (Å²) in [6.45, 7) is 13.5. The summed E-state index contributed by atoms with van der Waals surface area (Å²) in [7, 11) is -3.93. The fourth-order valence-electron chi connectivity index (χ4n) is 4.37. The summed E-state index contributed by atoms with van der Waals surface area (Å²) in [6, 6.07) is 1.26. The molecule has 238 valence electrons. The van der Waals surface area contributed by atoms with Gasteiger partial charge in [-0.05, 0) is 25.7 Å². The van der Waals surface area contributed by atoms with E-state index in [1.165, 1.54) is 40.4 Å². The molecule has 1 aromatic rings. The van der Waals surface area contributed by atoms with Crippen LogP contribution in [0.3, 0.4) is 0 Å². The molecular formula is C28H45N2O9PS2. The van der Waals surface area contributed by atoms with Crippen molar-refractivity contribution in [3.05, 3.63) is 33.1 Å². The molecule has 2 fully saturated rings. The molecule has 0 bridgehead atoms. The number of hydrogen-bond acceptors (Lipinski definition) is 11. The molecule has 2 aliphatic rings. The van der Waals surface area contributed by atoms with Crippen molar-refractivity contribution >= 4 is 41.6 Å². The van der Waals surface area contributed by atoms with Crippen molar-refractivity contribution in [3.8, 4) is 0 Å². The SMILES string of the molecule is C[C@H]1C2C(OP(=O)(OCCCCSC(=O)C(C)(C)C)OCCCCSC(=O)C(C)(C)C)[C@H]2O[C@H]1n1ccc(=O)[nH]c1=O. The highest BCUT2D eigenvalue weighted by Gasteiger charge is 2.66. The van der Waals surface area contributed by atoms with E-state index in [-0.39, 0.29) is 41.4 Å². The highest BCUT2D eigenvalue weighted by atomic mass is 32.2. The van der Waals surface area contributed by atoms with Gasteiger partial charge in [0.05, 0.1) is 19.3 Å². The maximum atomic E-state index is 13.7. The molecule has 1 aromatic heterocycles. The van der Waals surface area contributed by atoms with E-state index in [4.69, 9.17) is 18.3 Å². The van der Waals surface area contributed by atoms with Crippen molar-refractivity contribution in [2.75, 3.05) is 24.7 Å². The molecule has 0 amide bonds. The Kier molecular flexibility index (Phi) is 12.4. The van der Waals surface area contributed by atoms with E-state index in [1.54, 1.807) is 0 Å². The van der Waals surface area contributed by atoms with E-state index in [0.717, 1.165) is 0 Å². The van der Waals surface area contributed by atoms with Gasteiger partial charge in [0.25, 0.3) is 5.56 Å². The number of ether oxygens (including phenoxy) is 1. The van der Waals surface area contributed by atoms with Gasteiger partial charge in [0.2, 0.25) is 0 Å². The van der Waals surface area contributed by atoms with Crippen LogP contribution in [0.2, 0.25) is 0 Å². The minimum atomic E-state index is -3.93. The maximum Gasteiger partial charge on any atom is 0.475 e. The number of aromatic nitrogens is 2. The van der Waals surface area contributed by atoms with Gasteiger partial charge in [0.1, 0.15) is 12.3 Å². The van der Waals surface area contributed by atoms with E-state index in [1.807, 2.05) is 48.5 Å². The molecular weight excluding hydrogens is 603 g/mol. The Morgan fingerprint density at radius 1 is 0.952 bits per heavy atom. The Morgan fingerprint density at radius 3 is 1.90 bits per heavy atom. The first kappa shape index (κ1) is 35.3. The summed E-state index contributed by atoms with van der Waals surface area (Å²) in [4.78, 5) is 50.1. The standard InChI is InChI=1S/C28H45N2O9PS2/c1-18-20-21(38-23(18)30-13-12-19(31)29-26(30)34)22(20)39-40(35,36-14-8-10-16-41-24(32)27(2,3)4)37-15-9-11-17-42-25(33)28(5,6)7/h12-13,18,20-23H,8-11,14-17H2,1-7H3,(H,29,31,34)/t18-,20?,21-,22?,23+/m0/s1. The number of carbonyl (C=O) groups excluding carboxylic acids is 2. The van der Waals surface area contributed by atoms with Crippen LogP contribution in [0.15, 0.2) is 21.9 Å². The third-order valence-electron chi connectivity index (χ3n) is 6.94. The number of fused-ring (bicyclic) bond motifs is 1. The van der Waals surface area contributed by atoms with Crippen LogP contribution in [-0.2, 0) is 32.5 Å². The molecule has 1 saturated carbocycles. The van der Waals surface area contributed by atoms with Crippen LogP contribution in [0.25, 0.3) is 0 Å². The second-order valence-electron chi connectivity index (χ2n) is 12.8. The molecule has 1 saturated heterocycles. The lowest BCUT2D eigenvalue weighted by Gasteiger charge is -2.24. The van der Waals surface area contributed by atoms with E-state index < -0.39 is 42.2 Å². The van der Waals surface area contributed by atoms with Crippen LogP contribution in [0.4, 0.5) is 0 Å². The van der Waals surface area contributed by atoms with Crippen LogP contribution in [0.5, 0.6) is 0 Å². The van der Waals surface area contributed by atoms with Gasteiger partial charge in [0, 0.05) is 46.4 Å². The zero-order valence-electron chi connectivity index (χ0n) is 25.6. The van der Waals surface area contributed by atoms with E-state index in [2.05, 4.69) is 4.98 Å². The molecule has 3 rings (SSSR count). The molecule has 11 nitrogen and oxygen atoms in total. The number of hydrogen-bond donors (Lipinski definition) is 1. The van der Waals surface area contributed by atoms with Crippen LogP contribution in [0.1, 0.15) is 80.4 Å². The number of nitrogens with one attached hydrogen (secondary N) is 1. The predicted octanol–water partition coefficient (Wildman–Crippen LogP) is 5.40. The maximum absolute atomic E-state index is 13.7. The highest BCUT2D eigenvalue weighted by molar-refractivity contribution is 8.14. The number of phosphoric acid groups is 1. The van der Waals surface area contributed by atoms with Crippen molar-refractivity contribution < 1.29 is 32.5 Å². The van der Waals surface area contributed by atoms with Gasteiger partial charge in [-0.15, -0.1) is 0 Å². The minimum Gasteiger partial charge on any atom is -0.351 e. The second-order valence-corrected chi connectivity index (χ2v) is 16.6. The van der Waals surface area contributed by atoms with Gasteiger partial charge in [0.15, 0.2) is 10.2 Å². The van der Waals surface area contributed by atoms with E-state index >= 15 is 0 Å². The summed E-state index contributed by atoms with van der Waals surface area (Å²) in [5.41, 5.74) is -1.84. The normalized spacial score (nSPS) is 24.0. The highest BCUT2D eigenvalue weighted by Crippen LogP contribution is 2.62. The molecule has 42 heavy (non-hydrogen) atoms. The number of carbonyl (C=O) groups is 2. The third-order valence-corrected chi connectivity index (χ3v) is 11.2. The largest absolute Gasteiger partial charge is 0.475 e. The van der Waals surface area contributed by atoms with Crippen LogP contribution in [0, 0.1) is 22.7 Å². The lowest BCUT2D eigenvalue weighted by atomic mass is 9.99. The quantitative estimate of drug-likeness (QED) is 0.193. The monoisotopic (exact) mass is 648 g/mol. The van der Waals surface area contributed by atoms with Crippen molar-refractivity contribution in [2.24, 2.45) is 22.7 Å². The third kappa shape index (κ3) is 9.90. The number of rotatable bonds is 15. The number of thioether (sulfide) groups is 2. The molecule has 1 N–H and O–H groups in total. The molecule has 1 aliphatic carbocycles. The summed E-state index contributed by atoms with van der Waals surface area (Å²) >= 11 is 2.57. The average molecular weight is 649 g/mol. The Bertz CT molecular complexity index is 1210. The first-order valence-corrected chi connectivity index (χ1v) is 17.9. The van der Waals surface area contributed by atoms with Gasteiger partial charge in [-0.1, -0.05) is 72.0 Å². The molecule has 0 radical (unpaired) electrons. The van der Waals surface area contributed by atoms with Gasteiger partial charge >= 0.3 is 13.5 Å². The van der Waals surface area contributed by atoms with E-state index in [9.17, 15) is 23.7 Å². The van der Waals surface area contributed by atoms with Crippen LogP contribution < -0.4 is 11.2 Å². The zero-order chi connectivity index (χ0) is 31.3. The number of H-pyrrole nitrogens is 1. The topological polar surface area (TPSA) is 143 Å². The van der Waals surface area contributed by atoms with Crippen molar-refractivity contribution in [2.45, 2.75) is 92.6 Å². The van der Waals surface area contributed by atoms with Gasteiger partial charge in [-0.3, -0.25) is 37.5 Å². The molecule has 5 atom stereocenters. The zero-order valence-corrected chi connectivity index (χ0v) is 28.1. The lowest BCUT2D eigenvalue weighted by Crippen LogP contribution is -2.34. The van der Waals surface area contributed by atoms with Gasteiger partial charge in [-0.25, -0.2) is 9.36 Å². The first-order valence-electron chi connectivity index (χ1n) is 14.4. The minimum absolute atomic E-state index is 0.117. The fourth-order valence-corrected chi connectivity index (χ4v) is 7.76. The van der Waals surface area contributed by atoms with Gasteiger partial charge < -0.3 is 4.74 Å². The predicted molar refractivity (Wildman–Crippen MR) is 165 cm³/mol. The number of unbranched alkanes of at least 4 members (excludes halogenated alkanes) is 2. The molecule has 2 unspecified atom stereocenters. The van der Waals surface area contributed by atoms with Crippen molar-refractivity contribution in [1.82, 2.24) is 9.55 Å². The molecule has 2 heterocycles. The summed E-state index contributed by atoms with van der Waals surface area (Å²) in [6.07, 6.45) is 2.49. The molecule has 0 spiro atoms. The first-order chi connectivity index (χ1) is 19.5. The average Bonchev–Trinajstić information content (AvgIpc) is 3.43. The Balaban J connectivity index is 1.51. The van der Waals surface area contributed by atoms with Crippen molar-refractivity contribution in [1.29, 1.82) is 0 Å². The number of aromatic amines is 1. The summed E-state index contributed by atoms with van der Waals surface area (Å²) < 4.78 is 38.3. The van der Waals surface area contributed by atoms with Crippen LogP contribution in [-0.4, -0.2) is 56.7 Å². The van der Waals surface area contributed by atoms with Crippen molar-refractivity contribution in [3.63, 3.8) is 0 Å². The molecule has 1 aliphatic heterocycles.